The molecule has 2 aromatic carbocycles. The van der Waals surface area contributed by atoms with Crippen LogP contribution in [-0.2, 0) is 11.3 Å². The molecule has 7 nitrogen and oxygen atoms in total. The van der Waals surface area contributed by atoms with Crippen molar-refractivity contribution in [2.45, 2.75) is 65.1 Å². The summed E-state index contributed by atoms with van der Waals surface area (Å²) in [6.45, 7) is 9.97. The lowest BCUT2D eigenvalue weighted by Gasteiger charge is -2.35. The van der Waals surface area contributed by atoms with Gasteiger partial charge in [-0.1, -0.05) is 49.4 Å². The van der Waals surface area contributed by atoms with Crippen LogP contribution in [0.1, 0.15) is 69.6 Å². The maximum atomic E-state index is 12.9. The van der Waals surface area contributed by atoms with Gasteiger partial charge in [-0.2, -0.15) is 5.26 Å². The number of ether oxygens (including phenoxy) is 2. The van der Waals surface area contributed by atoms with Crippen molar-refractivity contribution in [1.82, 2.24) is 9.88 Å². The SMILES string of the molecule is CCCNc1nc(-c2ccccc2OCc2ccccc2)cc(C2CCCN(C(=O)OC(C)(C)C)C2)c1C#N. The maximum absolute atomic E-state index is 12.9. The molecule has 2 heterocycles. The third-order valence-electron chi connectivity index (χ3n) is 6.62. The van der Waals surface area contributed by atoms with Gasteiger partial charge in [-0.05, 0) is 69.4 Å². The molecule has 39 heavy (non-hydrogen) atoms. The minimum absolute atomic E-state index is 0.0118. The third-order valence-corrected chi connectivity index (χ3v) is 6.62. The first-order valence-corrected chi connectivity index (χ1v) is 13.7. The maximum Gasteiger partial charge on any atom is 0.410 e. The normalized spacial score (nSPS) is 15.4. The quantitative estimate of drug-likeness (QED) is 0.336. The number of carbonyl (C=O) groups excluding carboxylic acids is 1. The van der Waals surface area contributed by atoms with Gasteiger partial charge < -0.3 is 19.7 Å². The van der Waals surface area contributed by atoms with Gasteiger partial charge in [0.05, 0.1) is 11.3 Å². The molecule has 0 saturated carbocycles. The molecule has 3 aromatic rings. The Kier molecular flexibility index (Phi) is 9.08. The lowest BCUT2D eigenvalue weighted by atomic mass is 9.87. The van der Waals surface area contributed by atoms with E-state index >= 15 is 0 Å². The van der Waals surface area contributed by atoms with E-state index in [0.29, 0.717) is 37.6 Å². The Morgan fingerprint density at radius 1 is 1.15 bits per heavy atom. The van der Waals surface area contributed by atoms with Crippen molar-refractivity contribution < 1.29 is 14.3 Å². The van der Waals surface area contributed by atoms with E-state index < -0.39 is 5.60 Å². The molecule has 1 unspecified atom stereocenters. The minimum atomic E-state index is -0.563. The molecule has 0 radical (unpaired) electrons. The standard InChI is InChI=1S/C32H38N4O3/c1-5-17-34-30-27(20-33)26(24-14-11-18-36(21-24)31(37)39-32(2,3)4)19-28(35-30)25-15-9-10-16-29(25)38-22-23-12-7-6-8-13-23/h6-10,12-13,15-16,19,24H,5,11,14,17-18,21-22H2,1-4H3,(H,34,35). The molecule has 7 heteroatoms. The van der Waals surface area contributed by atoms with Gasteiger partial charge in [0, 0.05) is 31.1 Å². The van der Waals surface area contributed by atoms with Gasteiger partial charge in [-0.25, -0.2) is 9.78 Å². The zero-order valence-electron chi connectivity index (χ0n) is 23.4. The number of amides is 1. The van der Waals surface area contributed by atoms with Gasteiger partial charge in [-0.15, -0.1) is 0 Å². The molecule has 1 fully saturated rings. The molecule has 1 N–H and O–H groups in total. The van der Waals surface area contributed by atoms with Crippen molar-refractivity contribution in [3.8, 4) is 23.1 Å². The lowest BCUT2D eigenvalue weighted by Crippen LogP contribution is -2.42. The Balaban J connectivity index is 1.70. The highest BCUT2D eigenvalue weighted by Gasteiger charge is 2.31. The van der Waals surface area contributed by atoms with Crippen LogP contribution < -0.4 is 10.1 Å². The molecular weight excluding hydrogens is 488 g/mol. The summed E-state index contributed by atoms with van der Waals surface area (Å²) in [6, 6.07) is 22.3. The van der Waals surface area contributed by atoms with Crippen LogP contribution in [-0.4, -0.2) is 41.2 Å². The van der Waals surface area contributed by atoms with Crippen molar-refractivity contribution in [3.05, 3.63) is 77.4 Å². The summed E-state index contributed by atoms with van der Waals surface area (Å²) in [5.41, 5.74) is 3.54. The highest BCUT2D eigenvalue weighted by molar-refractivity contribution is 5.73. The number of benzene rings is 2. The fourth-order valence-electron chi connectivity index (χ4n) is 4.78. The number of rotatable bonds is 8. The number of nitrogens with one attached hydrogen (secondary N) is 1. The molecule has 0 spiro atoms. The van der Waals surface area contributed by atoms with E-state index in [9.17, 15) is 10.1 Å². The molecule has 0 bridgehead atoms. The van der Waals surface area contributed by atoms with Crippen molar-refractivity contribution in [2.75, 3.05) is 25.0 Å². The molecule has 0 aliphatic carbocycles. The van der Waals surface area contributed by atoms with E-state index in [4.69, 9.17) is 14.5 Å². The third kappa shape index (κ3) is 7.29. The average molecular weight is 527 g/mol. The molecule has 1 atom stereocenters. The summed E-state index contributed by atoms with van der Waals surface area (Å²) < 4.78 is 11.9. The molecule has 1 amide bonds. The predicted octanol–water partition coefficient (Wildman–Crippen LogP) is 7.14. The number of hydrogen-bond donors (Lipinski definition) is 1. The Morgan fingerprint density at radius 3 is 2.62 bits per heavy atom. The molecular formula is C32H38N4O3. The lowest BCUT2D eigenvalue weighted by molar-refractivity contribution is 0.0198. The topological polar surface area (TPSA) is 87.5 Å². The number of nitriles is 1. The van der Waals surface area contributed by atoms with Gasteiger partial charge in [-0.3, -0.25) is 0 Å². The van der Waals surface area contributed by atoms with Crippen LogP contribution in [0.4, 0.5) is 10.6 Å². The number of piperidine rings is 1. The summed E-state index contributed by atoms with van der Waals surface area (Å²) in [5, 5.41) is 13.6. The fourth-order valence-corrected chi connectivity index (χ4v) is 4.78. The average Bonchev–Trinajstić information content (AvgIpc) is 2.94. The summed E-state index contributed by atoms with van der Waals surface area (Å²) in [4.78, 5) is 19.5. The molecule has 1 aliphatic heterocycles. The summed E-state index contributed by atoms with van der Waals surface area (Å²) >= 11 is 0. The highest BCUT2D eigenvalue weighted by atomic mass is 16.6. The molecule has 1 saturated heterocycles. The van der Waals surface area contributed by atoms with Gasteiger partial charge >= 0.3 is 6.09 Å². The van der Waals surface area contributed by atoms with Crippen molar-refractivity contribution in [1.29, 1.82) is 5.26 Å². The number of para-hydroxylation sites is 1. The van der Waals surface area contributed by atoms with E-state index in [1.54, 1.807) is 4.90 Å². The first-order valence-electron chi connectivity index (χ1n) is 13.7. The molecule has 204 valence electrons. The van der Waals surface area contributed by atoms with Crippen molar-refractivity contribution in [2.24, 2.45) is 0 Å². The van der Waals surface area contributed by atoms with Crippen LogP contribution in [0.5, 0.6) is 5.75 Å². The number of likely N-dealkylation sites (tertiary alicyclic amines) is 1. The van der Waals surface area contributed by atoms with E-state index in [0.717, 1.165) is 47.4 Å². The molecule has 1 aliphatic rings. The first-order chi connectivity index (χ1) is 18.8. The van der Waals surface area contributed by atoms with Crippen molar-refractivity contribution >= 4 is 11.9 Å². The zero-order valence-corrected chi connectivity index (χ0v) is 23.4. The van der Waals surface area contributed by atoms with Crippen LogP contribution in [0.2, 0.25) is 0 Å². The second-order valence-electron chi connectivity index (χ2n) is 10.9. The fraction of sp³-hybridized carbons (Fsp3) is 0.406. The zero-order chi connectivity index (χ0) is 27.8. The second-order valence-corrected chi connectivity index (χ2v) is 10.9. The van der Waals surface area contributed by atoms with Gasteiger partial charge in [0.2, 0.25) is 0 Å². The van der Waals surface area contributed by atoms with E-state index in [1.165, 1.54) is 0 Å². The van der Waals surface area contributed by atoms with E-state index in [1.807, 2.05) is 81.4 Å². The number of pyridine rings is 1. The number of carbonyl (C=O) groups is 1. The first kappa shape index (κ1) is 28.0. The van der Waals surface area contributed by atoms with E-state index in [2.05, 4.69) is 18.3 Å². The Morgan fingerprint density at radius 2 is 1.90 bits per heavy atom. The molecule has 1 aromatic heterocycles. The Bertz CT molecular complexity index is 1310. The minimum Gasteiger partial charge on any atom is -0.488 e. The smallest absolute Gasteiger partial charge is 0.410 e. The van der Waals surface area contributed by atoms with Crippen LogP contribution >= 0.6 is 0 Å². The summed E-state index contributed by atoms with van der Waals surface area (Å²) in [5.74, 6) is 1.28. The molecule has 4 rings (SSSR count). The monoisotopic (exact) mass is 526 g/mol. The summed E-state index contributed by atoms with van der Waals surface area (Å²) in [7, 11) is 0. The van der Waals surface area contributed by atoms with Crippen LogP contribution in [0.15, 0.2) is 60.7 Å². The predicted molar refractivity (Wildman–Crippen MR) is 154 cm³/mol. The Hall–Kier alpha value is -4.05. The van der Waals surface area contributed by atoms with Gasteiger partial charge in [0.25, 0.3) is 0 Å². The summed E-state index contributed by atoms with van der Waals surface area (Å²) in [6.07, 6.45) is 2.29. The van der Waals surface area contributed by atoms with Crippen LogP contribution in [0.3, 0.4) is 0 Å². The van der Waals surface area contributed by atoms with Gasteiger partial charge in [0.15, 0.2) is 0 Å². The number of anilines is 1. The number of aromatic nitrogens is 1. The van der Waals surface area contributed by atoms with Crippen LogP contribution in [0, 0.1) is 11.3 Å². The highest BCUT2D eigenvalue weighted by Crippen LogP contribution is 2.37. The number of hydrogen-bond acceptors (Lipinski definition) is 6. The second kappa shape index (κ2) is 12.7. The number of nitrogens with zero attached hydrogens (tertiary/aromatic N) is 3. The van der Waals surface area contributed by atoms with E-state index in [-0.39, 0.29) is 12.0 Å². The van der Waals surface area contributed by atoms with Crippen molar-refractivity contribution in [3.63, 3.8) is 0 Å². The van der Waals surface area contributed by atoms with Gasteiger partial charge in [0.1, 0.15) is 29.8 Å². The van der Waals surface area contributed by atoms with Crippen LogP contribution in [0.25, 0.3) is 11.3 Å². The largest absolute Gasteiger partial charge is 0.488 e. The Labute approximate surface area is 231 Å².